The number of carbonyl (C=O) groups excluding carboxylic acids is 3. The van der Waals surface area contributed by atoms with Crippen LogP contribution in [0.2, 0.25) is 0 Å². The third-order valence-electron chi connectivity index (χ3n) is 4.28. The standard InChI is InChI=1S/C21H18F3N3O4S/c1-2-27(20(30)21(22,23)24)12-13-5-3-6-14(11-13)25-19(29)16-8-9-17(32-16)26-18(28)15-7-4-10-31-15/h3-11H,2,12H2,1H3,(H,25,29)(H,26,28). The molecule has 0 spiro atoms. The molecule has 0 saturated heterocycles. The molecule has 0 aliphatic heterocycles. The molecular weight excluding hydrogens is 447 g/mol. The SMILES string of the molecule is CCN(Cc1cccc(NC(=O)c2ccc(NC(=O)c3ccco3)s2)c1)C(=O)C(F)(F)F. The van der Waals surface area contributed by atoms with Gasteiger partial charge in [-0.15, -0.1) is 11.3 Å². The lowest BCUT2D eigenvalue weighted by Crippen LogP contribution is -2.40. The maximum Gasteiger partial charge on any atom is 0.471 e. The van der Waals surface area contributed by atoms with Gasteiger partial charge in [-0.25, -0.2) is 0 Å². The summed E-state index contributed by atoms with van der Waals surface area (Å²) in [6.45, 7) is 1.09. The molecule has 1 aromatic carbocycles. The smallest absolute Gasteiger partial charge is 0.459 e. The van der Waals surface area contributed by atoms with Gasteiger partial charge in [0, 0.05) is 18.8 Å². The van der Waals surface area contributed by atoms with Gasteiger partial charge in [0.15, 0.2) is 5.76 Å². The van der Waals surface area contributed by atoms with Crippen LogP contribution in [0.1, 0.15) is 32.7 Å². The summed E-state index contributed by atoms with van der Waals surface area (Å²) in [6.07, 6.45) is -3.58. The van der Waals surface area contributed by atoms with Crippen LogP contribution in [0.15, 0.2) is 59.2 Å². The van der Waals surface area contributed by atoms with Gasteiger partial charge in [-0.3, -0.25) is 14.4 Å². The predicted molar refractivity (Wildman–Crippen MR) is 113 cm³/mol. The third-order valence-corrected chi connectivity index (χ3v) is 5.28. The summed E-state index contributed by atoms with van der Waals surface area (Å²) in [5.74, 6) is -2.70. The molecule has 7 nitrogen and oxygen atoms in total. The zero-order chi connectivity index (χ0) is 23.3. The van der Waals surface area contributed by atoms with Crippen molar-refractivity contribution in [2.45, 2.75) is 19.6 Å². The molecule has 0 unspecified atom stereocenters. The molecule has 2 N–H and O–H groups in total. The van der Waals surface area contributed by atoms with Crippen molar-refractivity contribution in [1.82, 2.24) is 4.90 Å². The minimum Gasteiger partial charge on any atom is -0.459 e. The van der Waals surface area contributed by atoms with Gasteiger partial charge in [0.25, 0.3) is 11.8 Å². The molecule has 3 rings (SSSR count). The minimum atomic E-state index is -4.95. The highest BCUT2D eigenvalue weighted by atomic mass is 32.1. The minimum absolute atomic E-state index is 0.114. The third kappa shape index (κ3) is 5.76. The number of nitrogens with zero attached hydrogens (tertiary/aromatic N) is 1. The number of furan rings is 1. The summed E-state index contributed by atoms with van der Waals surface area (Å²) in [7, 11) is 0. The summed E-state index contributed by atoms with van der Waals surface area (Å²) in [4.78, 5) is 37.0. The Hall–Kier alpha value is -3.60. The number of rotatable bonds is 7. The number of halogens is 3. The van der Waals surface area contributed by atoms with Crippen LogP contribution in [0.3, 0.4) is 0 Å². The van der Waals surface area contributed by atoms with E-state index < -0.39 is 23.9 Å². The molecule has 11 heteroatoms. The zero-order valence-electron chi connectivity index (χ0n) is 16.7. The number of hydrogen-bond donors (Lipinski definition) is 2. The van der Waals surface area contributed by atoms with E-state index in [0.29, 0.717) is 26.0 Å². The normalized spacial score (nSPS) is 11.1. The molecule has 0 saturated carbocycles. The highest BCUT2D eigenvalue weighted by Crippen LogP contribution is 2.25. The lowest BCUT2D eigenvalue weighted by atomic mass is 10.2. The van der Waals surface area contributed by atoms with Gasteiger partial charge >= 0.3 is 12.1 Å². The van der Waals surface area contributed by atoms with Crippen molar-refractivity contribution < 1.29 is 32.0 Å². The van der Waals surface area contributed by atoms with Crippen LogP contribution in [0, 0.1) is 0 Å². The Bertz CT molecular complexity index is 1110. The van der Waals surface area contributed by atoms with Gasteiger partial charge in [-0.05, 0) is 48.9 Å². The van der Waals surface area contributed by atoms with E-state index in [0.717, 1.165) is 11.3 Å². The van der Waals surface area contributed by atoms with E-state index in [1.165, 1.54) is 31.4 Å². The van der Waals surface area contributed by atoms with E-state index in [2.05, 4.69) is 10.6 Å². The largest absolute Gasteiger partial charge is 0.471 e. The molecule has 32 heavy (non-hydrogen) atoms. The Kier molecular flexibility index (Phi) is 6.98. The van der Waals surface area contributed by atoms with Crippen molar-refractivity contribution in [1.29, 1.82) is 0 Å². The summed E-state index contributed by atoms with van der Waals surface area (Å²) in [5.41, 5.74) is 0.789. The molecular formula is C21H18F3N3O4S. The Labute approximate surface area is 184 Å². The fourth-order valence-corrected chi connectivity index (χ4v) is 3.57. The van der Waals surface area contributed by atoms with Gasteiger partial charge in [-0.2, -0.15) is 13.2 Å². The quantitative estimate of drug-likeness (QED) is 0.527. The first-order valence-electron chi connectivity index (χ1n) is 9.38. The Morgan fingerprint density at radius 1 is 1.03 bits per heavy atom. The van der Waals surface area contributed by atoms with Crippen LogP contribution < -0.4 is 10.6 Å². The van der Waals surface area contributed by atoms with Gasteiger partial charge in [0.1, 0.15) is 0 Å². The zero-order valence-corrected chi connectivity index (χ0v) is 17.5. The van der Waals surface area contributed by atoms with E-state index in [1.54, 1.807) is 30.3 Å². The van der Waals surface area contributed by atoms with Crippen LogP contribution >= 0.6 is 11.3 Å². The number of amides is 3. The summed E-state index contributed by atoms with van der Waals surface area (Å²) in [5, 5.41) is 5.72. The van der Waals surface area contributed by atoms with Crippen molar-refractivity contribution in [3.63, 3.8) is 0 Å². The summed E-state index contributed by atoms with van der Waals surface area (Å²) in [6, 6.07) is 12.4. The van der Waals surface area contributed by atoms with Gasteiger partial charge in [0.05, 0.1) is 16.1 Å². The average molecular weight is 465 g/mol. The molecule has 0 radical (unpaired) electrons. The van der Waals surface area contributed by atoms with Gasteiger partial charge < -0.3 is 20.0 Å². The Balaban J connectivity index is 1.64. The molecule has 0 fully saturated rings. The second-order valence-electron chi connectivity index (χ2n) is 6.57. The molecule has 3 aromatic rings. The number of alkyl halides is 3. The topological polar surface area (TPSA) is 91.7 Å². The highest BCUT2D eigenvalue weighted by molar-refractivity contribution is 7.18. The van der Waals surface area contributed by atoms with Crippen molar-refractivity contribution in [3.05, 3.63) is 71.0 Å². The number of anilines is 2. The number of carbonyl (C=O) groups is 3. The maximum atomic E-state index is 12.7. The van der Waals surface area contributed by atoms with Crippen LogP contribution in [0.4, 0.5) is 23.9 Å². The first kappa shape index (κ1) is 23.1. The number of thiophene rings is 1. The number of hydrogen-bond acceptors (Lipinski definition) is 5. The molecule has 0 bridgehead atoms. The average Bonchev–Trinajstić information content (AvgIpc) is 3.43. The van der Waals surface area contributed by atoms with E-state index in [9.17, 15) is 27.6 Å². The maximum absolute atomic E-state index is 12.7. The molecule has 2 heterocycles. The van der Waals surface area contributed by atoms with Crippen molar-refractivity contribution >= 4 is 39.7 Å². The molecule has 2 aromatic heterocycles. The molecule has 168 valence electrons. The molecule has 0 atom stereocenters. The predicted octanol–water partition coefficient (Wildman–Crippen LogP) is 4.76. The number of benzene rings is 1. The molecule has 0 aliphatic rings. The monoisotopic (exact) mass is 465 g/mol. The fraction of sp³-hybridized carbons (Fsp3) is 0.190. The second-order valence-corrected chi connectivity index (χ2v) is 7.65. The second kappa shape index (κ2) is 9.69. The molecule has 0 aliphatic carbocycles. The van der Waals surface area contributed by atoms with Crippen molar-refractivity contribution in [2.24, 2.45) is 0 Å². The first-order chi connectivity index (χ1) is 15.2. The van der Waals surface area contributed by atoms with E-state index in [-0.39, 0.29) is 18.8 Å². The van der Waals surface area contributed by atoms with Gasteiger partial charge in [-0.1, -0.05) is 12.1 Å². The van der Waals surface area contributed by atoms with E-state index >= 15 is 0 Å². The van der Waals surface area contributed by atoms with Crippen LogP contribution in [0.5, 0.6) is 0 Å². The highest BCUT2D eigenvalue weighted by Gasteiger charge is 2.41. The summed E-state index contributed by atoms with van der Waals surface area (Å²) < 4.78 is 43.1. The van der Waals surface area contributed by atoms with Gasteiger partial charge in [0.2, 0.25) is 0 Å². The Morgan fingerprint density at radius 3 is 2.47 bits per heavy atom. The number of nitrogens with one attached hydrogen (secondary N) is 2. The van der Waals surface area contributed by atoms with E-state index in [4.69, 9.17) is 4.42 Å². The van der Waals surface area contributed by atoms with E-state index in [1.807, 2.05) is 0 Å². The van der Waals surface area contributed by atoms with Crippen molar-refractivity contribution in [2.75, 3.05) is 17.2 Å². The fourth-order valence-electron chi connectivity index (χ4n) is 2.78. The Morgan fingerprint density at radius 2 is 1.81 bits per heavy atom. The lowest BCUT2D eigenvalue weighted by molar-refractivity contribution is -0.185. The summed E-state index contributed by atoms with van der Waals surface area (Å²) >= 11 is 1.05. The lowest BCUT2D eigenvalue weighted by Gasteiger charge is -2.22. The van der Waals surface area contributed by atoms with Crippen LogP contribution in [-0.4, -0.2) is 35.3 Å². The molecule has 3 amide bonds. The van der Waals surface area contributed by atoms with Crippen LogP contribution in [0.25, 0.3) is 0 Å². The van der Waals surface area contributed by atoms with Crippen molar-refractivity contribution in [3.8, 4) is 0 Å². The van der Waals surface area contributed by atoms with Crippen LogP contribution in [-0.2, 0) is 11.3 Å². The first-order valence-corrected chi connectivity index (χ1v) is 10.2.